The second-order valence-electron chi connectivity index (χ2n) is 13.1. The Kier molecular flexibility index (Phi) is 4.57. The molecule has 0 atom stereocenters. The van der Waals surface area contributed by atoms with Crippen molar-refractivity contribution in [1.29, 1.82) is 0 Å². The topological polar surface area (TPSA) is 13.1 Å². The molecule has 0 radical (unpaired) electrons. The first-order valence-electron chi connectivity index (χ1n) is 20.9. The molecule has 1 aromatic heterocycles. The first-order valence-corrected chi connectivity index (χ1v) is 16.9. The summed E-state index contributed by atoms with van der Waals surface area (Å²) < 4.78 is 78.7. The molecule has 51 heavy (non-hydrogen) atoms. The molecule has 0 N–H and O–H groups in total. The van der Waals surface area contributed by atoms with Crippen LogP contribution in [0.15, 0.2) is 186 Å². The van der Waals surface area contributed by atoms with E-state index in [1.54, 1.807) is 0 Å². The minimum absolute atomic E-state index is 0.194. The summed E-state index contributed by atoms with van der Waals surface area (Å²) in [4.78, 5) is 0. The second kappa shape index (κ2) is 10.9. The van der Waals surface area contributed by atoms with Crippen LogP contribution in [0.3, 0.4) is 0 Å². The predicted molar refractivity (Wildman–Crippen MR) is 218 cm³/mol. The van der Waals surface area contributed by atoms with E-state index in [9.17, 15) is 5.48 Å². The molecule has 11 aromatic rings. The molecule has 0 saturated heterocycles. The largest absolute Gasteiger partial charge is 0.456 e. The highest BCUT2D eigenvalue weighted by Gasteiger charge is 2.17. The van der Waals surface area contributed by atoms with Gasteiger partial charge in [0.2, 0.25) is 0 Å². The molecule has 0 bridgehead atoms. The van der Waals surface area contributed by atoms with Gasteiger partial charge in [-0.1, -0.05) is 145 Å². The average molecular weight is 655 g/mol. The van der Waals surface area contributed by atoms with Crippen LogP contribution in [0.5, 0.6) is 0 Å². The van der Waals surface area contributed by atoms with Gasteiger partial charge >= 0.3 is 0 Å². The molecular weight excluding hydrogens is 617 g/mol. The van der Waals surface area contributed by atoms with E-state index in [2.05, 4.69) is 42.5 Å². The van der Waals surface area contributed by atoms with E-state index < -0.39 is 24.2 Å². The number of hydrogen-bond donors (Lipinski definition) is 0. The Balaban J connectivity index is 1.15. The molecule has 0 aliphatic heterocycles. The van der Waals surface area contributed by atoms with E-state index in [4.69, 9.17) is 9.90 Å². The Labute approximate surface area is 305 Å². The summed E-state index contributed by atoms with van der Waals surface area (Å²) in [6.45, 7) is 0. The third-order valence-corrected chi connectivity index (χ3v) is 10.2. The van der Waals surface area contributed by atoms with Gasteiger partial charge in [-0.15, -0.1) is 0 Å². The molecule has 0 saturated carbocycles. The summed E-state index contributed by atoms with van der Waals surface area (Å²) in [6, 6.07) is 41.2. The van der Waals surface area contributed by atoms with Crippen molar-refractivity contribution < 1.29 is 15.4 Å². The number of benzene rings is 10. The maximum Gasteiger partial charge on any atom is 0.136 e. The van der Waals surface area contributed by atoms with E-state index >= 15 is 0 Å². The lowest BCUT2D eigenvalue weighted by molar-refractivity contribution is 0.669. The number of fused-ring (bicyclic) bond motifs is 9. The summed E-state index contributed by atoms with van der Waals surface area (Å²) in [6.07, 6.45) is 0. The van der Waals surface area contributed by atoms with Crippen LogP contribution in [0, 0.1) is 0 Å². The van der Waals surface area contributed by atoms with Crippen molar-refractivity contribution in [2.75, 3.05) is 0 Å². The number of hydrogen-bond acceptors (Lipinski definition) is 1. The van der Waals surface area contributed by atoms with Crippen LogP contribution < -0.4 is 0 Å². The Morgan fingerprint density at radius 1 is 0.333 bits per heavy atom. The van der Waals surface area contributed by atoms with Crippen molar-refractivity contribution in [3.8, 4) is 33.4 Å². The Hall–Kier alpha value is -6.70. The SMILES string of the molecule is [2H]c1c([2H])c([2H])c2c(-c3ccc4cc(-c5ccc6c(c5)oc5ccc7ccccc7c56)ccc4c3)c3c([2H])c([2H])c([2H])c([2H])c3c(-c3ccc4ccccc4c3)c2c1[2H]. The van der Waals surface area contributed by atoms with Crippen LogP contribution in [0.25, 0.3) is 109 Å². The van der Waals surface area contributed by atoms with Gasteiger partial charge in [-0.25, -0.2) is 0 Å². The van der Waals surface area contributed by atoms with Crippen molar-refractivity contribution in [3.05, 3.63) is 182 Å². The maximum absolute atomic E-state index is 9.33. The molecule has 1 heterocycles. The molecule has 1 heteroatoms. The summed E-state index contributed by atoms with van der Waals surface area (Å²) >= 11 is 0. The standard InChI is InChI=1S/C50H30O/c1-2-11-33-28-38(21-17-31(33)9-1)48-41-13-5-7-15-43(41)49(44-16-8-6-14-42(44)48)39-22-20-34-27-35(18-19-36(34)29-39)37-23-25-45-47(30-37)51-46-26-24-32-10-3-4-12-40(32)50(45)46/h1-30H/i5D,6D,7D,8D,13D,14D,15D,16D. The van der Waals surface area contributed by atoms with E-state index in [1.165, 1.54) is 0 Å². The Morgan fingerprint density at radius 3 is 1.47 bits per heavy atom. The summed E-state index contributed by atoms with van der Waals surface area (Å²) in [5.74, 6) is 0. The van der Waals surface area contributed by atoms with Gasteiger partial charge < -0.3 is 4.42 Å². The van der Waals surface area contributed by atoms with Crippen molar-refractivity contribution in [2.45, 2.75) is 0 Å². The molecule has 0 spiro atoms. The number of furan rings is 1. The molecule has 11 rings (SSSR count). The molecule has 10 aromatic carbocycles. The van der Waals surface area contributed by atoms with Crippen LogP contribution in [0.4, 0.5) is 0 Å². The fourth-order valence-electron chi connectivity index (χ4n) is 7.85. The highest BCUT2D eigenvalue weighted by molar-refractivity contribution is 6.22. The van der Waals surface area contributed by atoms with Crippen LogP contribution in [0.1, 0.15) is 11.0 Å². The van der Waals surface area contributed by atoms with E-state index in [-0.39, 0.29) is 45.7 Å². The Bertz CT molecular complexity index is 3580. The highest BCUT2D eigenvalue weighted by atomic mass is 16.3. The first-order chi connectivity index (χ1) is 28.6. The van der Waals surface area contributed by atoms with Crippen molar-refractivity contribution in [1.82, 2.24) is 0 Å². The zero-order valence-corrected chi connectivity index (χ0v) is 27.1. The molecule has 0 amide bonds. The van der Waals surface area contributed by atoms with Crippen molar-refractivity contribution in [3.63, 3.8) is 0 Å². The van der Waals surface area contributed by atoms with Gasteiger partial charge in [0.25, 0.3) is 0 Å². The lowest BCUT2D eigenvalue weighted by atomic mass is 9.85. The minimum Gasteiger partial charge on any atom is -0.456 e. The van der Waals surface area contributed by atoms with E-state index in [0.29, 0.717) is 22.3 Å². The van der Waals surface area contributed by atoms with Gasteiger partial charge in [0.05, 0.1) is 11.0 Å². The van der Waals surface area contributed by atoms with Gasteiger partial charge in [0, 0.05) is 10.8 Å². The molecule has 0 aliphatic carbocycles. The fraction of sp³-hybridized carbons (Fsp3) is 0. The van der Waals surface area contributed by atoms with Gasteiger partial charge in [-0.3, -0.25) is 0 Å². The third-order valence-electron chi connectivity index (χ3n) is 10.2. The second-order valence-corrected chi connectivity index (χ2v) is 13.1. The summed E-state index contributed by atoms with van der Waals surface area (Å²) in [5.41, 5.74) is 5.41. The van der Waals surface area contributed by atoms with Crippen LogP contribution >= 0.6 is 0 Å². The smallest absolute Gasteiger partial charge is 0.136 e. The predicted octanol–water partition coefficient (Wildman–Crippen LogP) is 14.4. The first kappa shape index (κ1) is 21.4. The molecular formula is C50H30O. The third kappa shape index (κ3) is 4.35. The molecule has 0 fully saturated rings. The summed E-state index contributed by atoms with van der Waals surface area (Å²) in [5, 5.41) is 8.85. The molecule has 0 aliphatic rings. The van der Waals surface area contributed by atoms with Gasteiger partial charge in [-0.2, -0.15) is 0 Å². The van der Waals surface area contributed by atoms with Gasteiger partial charge in [0.15, 0.2) is 0 Å². The monoisotopic (exact) mass is 654 g/mol. The normalized spacial score (nSPS) is 14.1. The molecule has 1 nitrogen and oxygen atoms in total. The molecule has 0 unspecified atom stereocenters. The van der Waals surface area contributed by atoms with Crippen molar-refractivity contribution >= 4 is 75.8 Å². The summed E-state index contributed by atoms with van der Waals surface area (Å²) in [7, 11) is 0. The zero-order chi connectivity index (χ0) is 40.4. The quantitative estimate of drug-likeness (QED) is 0.173. The maximum atomic E-state index is 9.33. The minimum atomic E-state index is -0.423. The fourth-order valence-corrected chi connectivity index (χ4v) is 7.85. The van der Waals surface area contributed by atoms with Gasteiger partial charge in [-0.05, 0) is 124 Å². The van der Waals surface area contributed by atoms with Crippen LogP contribution in [-0.2, 0) is 0 Å². The molecule has 236 valence electrons. The lowest BCUT2D eigenvalue weighted by Gasteiger charge is -2.18. The van der Waals surface area contributed by atoms with Crippen molar-refractivity contribution in [2.24, 2.45) is 0 Å². The Morgan fingerprint density at radius 2 is 0.804 bits per heavy atom. The zero-order valence-electron chi connectivity index (χ0n) is 35.1. The number of rotatable bonds is 3. The van der Waals surface area contributed by atoms with E-state index in [1.807, 2.05) is 91.0 Å². The highest BCUT2D eigenvalue weighted by Crippen LogP contribution is 2.45. The van der Waals surface area contributed by atoms with Crippen LogP contribution in [0.2, 0.25) is 0 Å². The van der Waals surface area contributed by atoms with Crippen LogP contribution in [-0.4, -0.2) is 0 Å². The average Bonchev–Trinajstić information content (AvgIpc) is 3.66. The lowest BCUT2D eigenvalue weighted by Crippen LogP contribution is -1.91. The van der Waals surface area contributed by atoms with E-state index in [0.717, 1.165) is 65.4 Å². The van der Waals surface area contributed by atoms with Gasteiger partial charge in [0.1, 0.15) is 11.2 Å².